The Bertz CT molecular complexity index is 285. The smallest absolute Gasteiger partial charge is 0.0125 e. The van der Waals surface area contributed by atoms with Crippen molar-refractivity contribution in [3.05, 3.63) is 0 Å². The molecule has 0 saturated carbocycles. The normalized spacial score (nSPS) is 37.2. The molecule has 20 heavy (non-hydrogen) atoms. The van der Waals surface area contributed by atoms with Crippen LogP contribution in [0.3, 0.4) is 0 Å². The Kier molecular flexibility index (Phi) is 5.00. The maximum atomic E-state index is 3.71. The van der Waals surface area contributed by atoms with Crippen molar-refractivity contribution in [2.45, 2.75) is 82.5 Å². The van der Waals surface area contributed by atoms with E-state index in [4.69, 9.17) is 0 Å². The predicted octanol–water partition coefficient (Wildman–Crippen LogP) is 2.47. The van der Waals surface area contributed by atoms with Gasteiger partial charge in [-0.05, 0) is 71.6 Å². The van der Waals surface area contributed by atoms with Crippen molar-refractivity contribution in [3.63, 3.8) is 0 Å². The Morgan fingerprint density at radius 2 is 1.60 bits per heavy atom. The molecule has 0 spiro atoms. The van der Waals surface area contributed by atoms with E-state index in [-0.39, 0.29) is 0 Å². The van der Waals surface area contributed by atoms with Gasteiger partial charge in [0.1, 0.15) is 0 Å². The standard InChI is InChI=1S/C17H33N3/c1-3-9-18-14-7-10-20(11-8-14)17-12-15-5-4-6-16(13-17)19(15)2/h14-18H,3-13H2,1-2H3. The lowest BCUT2D eigenvalue weighted by atomic mass is 9.81. The summed E-state index contributed by atoms with van der Waals surface area (Å²) < 4.78 is 0. The first kappa shape index (κ1) is 14.8. The van der Waals surface area contributed by atoms with E-state index in [0.29, 0.717) is 0 Å². The molecule has 1 N–H and O–H groups in total. The van der Waals surface area contributed by atoms with Crippen LogP contribution in [0.15, 0.2) is 0 Å². The zero-order valence-electron chi connectivity index (χ0n) is 13.5. The van der Waals surface area contributed by atoms with Gasteiger partial charge in [0.2, 0.25) is 0 Å². The molecule has 116 valence electrons. The third kappa shape index (κ3) is 3.20. The number of hydrogen-bond donors (Lipinski definition) is 1. The van der Waals surface area contributed by atoms with Crippen LogP contribution in [0.2, 0.25) is 0 Å². The van der Waals surface area contributed by atoms with Gasteiger partial charge in [-0.25, -0.2) is 0 Å². The van der Waals surface area contributed by atoms with Gasteiger partial charge in [-0.15, -0.1) is 0 Å². The fourth-order valence-electron chi connectivity index (χ4n) is 4.70. The number of hydrogen-bond acceptors (Lipinski definition) is 3. The SMILES string of the molecule is CCCNC1CCN(C2CC3CCCC(C2)N3C)CC1. The molecule has 2 bridgehead atoms. The van der Waals surface area contributed by atoms with E-state index in [1.807, 2.05) is 0 Å². The molecular formula is C17H33N3. The average molecular weight is 279 g/mol. The Labute approximate surface area is 125 Å². The summed E-state index contributed by atoms with van der Waals surface area (Å²) in [6.45, 7) is 6.12. The first-order valence-corrected chi connectivity index (χ1v) is 8.97. The largest absolute Gasteiger partial charge is 0.314 e. The van der Waals surface area contributed by atoms with Crippen LogP contribution < -0.4 is 5.32 Å². The molecule has 3 aliphatic rings. The minimum atomic E-state index is 0.789. The third-order valence-electron chi connectivity index (χ3n) is 6.04. The maximum Gasteiger partial charge on any atom is 0.0125 e. The molecule has 3 saturated heterocycles. The number of fused-ring (bicyclic) bond motifs is 2. The Balaban J connectivity index is 1.49. The number of likely N-dealkylation sites (tertiary alicyclic amines) is 1. The van der Waals surface area contributed by atoms with Crippen LogP contribution in [0.1, 0.15) is 58.3 Å². The molecule has 3 aliphatic heterocycles. The number of nitrogens with zero attached hydrogens (tertiary/aromatic N) is 2. The van der Waals surface area contributed by atoms with Crippen molar-refractivity contribution in [3.8, 4) is 0 Å². The van der Waals surface area contributed by atoms with Gasteiger partial charge >= 0.3 is 0 Å². The van der Waals surface area contributed by atoms with Crippen LogP contribution in [0.4, 0.5) is 0 Å². The first-order chi connectivity index (χ1) is 9.78. The molecule has 0 amide bonds. The zero-order valence-corrected chi connectivity index (χ0v) is 13.5. The molecule has 2 unspecified atom stereocenters. The van der Waals surface area contributed by atoms with Gasteiger partial charge in [-0.2, -0.15) is 0 Å². The van der Waals surface area contributed by atoms with Crippen LogP contribution in [0, 0.1) is 0 Å². The molecule has 3 nitrogen and oxygen atoms in total. The van der Waals surface area contributed by atoms with Gasteiger partial charge in [0.25, 0.3) is 0 Å². The number of rotatable bonds is 4. The second-order valence-electron chi connectivity index (χ2n) is 7.29. The van der Waals surface area contributed by atoms with Gasteiger partial charge in [-0.1, -0.05) is 13.3 Å². The van der Waals surface area contributed by atoms with Crippen molar-refractivity contribution in [2.75, 3.05) is 26.7 Å². The molecule has 0 aromatic heterocycles. The third-order valence-corrected chi connectivity index (χ3v) is 6.04. The fraction of sp³-hybridized carbons (Fsp3) is 1.00. The molecular weight excluding hydrogens is 246 g/mol. The van der Waals surface area contributed by atoms with E-state index in [0.717, 1.165) is 24.2 Å². The van der Waals surface area contributed by atoms with Crippen molar-refractivity contribution in [1.82, 2.24) is 15.1 Å². The number of nitrogens with one attached hydrogen (secondary N) is 1. The highest BCUT2D eigenvalue weighted by molar-refractivity contribution is 4.95. The molecule has 0 aromatic carbocycles. The van der Waals surface area contributed by atoms with E-state index in [1.165, 1.54) is 71.0 Å². The topological polar surface area (TPSA) is 18.5 Å². The van der Waals surface area contributed by atoms with Crippen LogP contribution >= 0.6 is 0 Å². The summed E-state index contributed by atoms with van der Waals surface area (Å²) in [5.74, 6) is 0. The quantitative estimate of drug-likeness (QED) is 0.853. The van der Waals surface area contributed by atoms with Crippen LogP contribution in [-0.4, -0.2) is 60.6 Å². The van der Waals surface area contributed by atoms with Crippen LogP contribution in [0.5, 0.6) is 0 Å². The highest BCUT2D eigenvalue weighted by Gasteiger charge is 2.38. The van der Waals surface area contributed by atoms with Gasteiger partial charge in [0, 0.05) is 24.2 Å². The summed E-state index contributed by atoms with van der Waals surface area (Å²) in [7, 11) is 2.37. The van der Waals surface area contributed by atoms with Crippen LogP contribution in [0.25, 0.3) is 0 Å². The molecule has 3 heterocycles. The minimum absolute atomic E-state index is 0.789. The van der Waals surface area contributed by atoms with Crippen molar-refractivity contribution in [1.29, 1.82) is 0 Å². The average Bonchev–Trinajstić information content (AvgIpc) is 2.45. The molecule has 2 atom stereocenters. The summed E-state index contributed by atoms with van der Waals surface area (Å²) in [4.78, 5) is 5.51. The van der Waals surface area contributed by atoms with Gasteiger partial charge in [0.15, 0.2) is 0 Å². The Hall–Kier alpha value is -0.120. The van der Waals surface area contributed by atoms with Gasteiger partial charge < -0.3 is 15.1 Å². The second-order valence-corrected chi connectivity index (χ2v) is 7.29. The fourth-order valence-corrected chi connectivity index (χ4v) is 4.70. The lowest BCUT2D eigenvalue weighted by Crippen LogP contribution is -2.57. The summed E-state index contributed by atoms with van der Waals surface area (Å²) in [6.07, 6.45) is 11.2. The maximum absolute atomic E-state index is 3.71. The first-order valence-electron chi connectivity index (χ1n) is 8.97. The van der Waals surface area contributed by atoms with Crippen LogP contribution in [-0.2, 0) is 0 Å². The van der Waals surface area contributed by atoms with E-state index in [1.54, 1.807) is 0 Å². The molecule has 0 aliphatic carbocycles. The molecule has 3 fully saturated rings. The highest BCUT2D eigenvalue weighted by atomic mass is 15.2. The minimum Gasteiger partial charge on any atom is -0.314 e. The molecule has 0 radical (unpaired) electrons. The highest BCUT2D eigenvalue weighted by Crippen LogP contribution is 2.35. The summed E-state index contributed by atoms with van der Waals surface area (Å²) in [6, 6.07) is 3.43. The van der Waals surface area contributed by atoms with Gasteiger partial charge in [0.05, 0.1) is 0 Å². The zero-order chi connectivity index (χ0) is 13.9. The lowest BCUT2D eigenvalue weighted by Gasteiger charge is -2.50. The van der Waals surface area contributed by atoms with Crippen molar-refractivity contribution in [2.24, 2.45) is 0 Å². The van der Waals surface area contributed by atoms with E-state index in [9.17, 15) is 0 Å². The lowest BCUT2D eigenvalue weighted by molar-refractivity contribution is 0.000855. The van der Waals surface area contributed by atoms with Crippen molar-refractivity contribution < 1.29 is 0 Å². The molecule has 0 aromatic rings. The van der Waals surface area contributed by atoms with Gasteiger partial charge in [-0.3, -0.25) is 0 Å². The second kappa shape index (κ2) is 6.76. The predicted molar refractivity (Wildman–Crippen MR) is 85.1 cm³/mol. The summed E-state index contributed by atoms with van der Waals surface area (Å²) in [5.41, 5.74) is 0. The number of piperidine rings is 3. The van der Waals surface area contributed by atoms with E-state index < -0.39 is 0 Å². The molecule has 3 heteroatoms. The Morgan fingerprint density at radius 1 is 0.950 bits per heavy atom. The van der Waals surface area contributed by atoms with E-state index >= 15 is 0 Å². The Morgan fingerprint density at radius 3 is 2.20 bits per heavy atom. The van der Waals surface area contributed by atoms with E-state index in [2.05, 4.69) is 29.1 Å². The van der Waals surface area contributed by atoms with Crippen molar-refractivity contribution >= 4 is 0 Å². The summed E-state index contributed by atoms with van der Waals surface area (Å²) >= 11 is 0. The molecule has 3 rings (SSSR count). The summed E-state index contributed by atoms with van der Waals surface area (Å²) in [5, 5.41) is 3.71. The monoisotopic (exact) mass is 279 g/mol.